The Kier molecular flexibility index (Phi) is 5.97. The van der Waals surface area contributed by atoms with Gasteiger partial charge in [-0.15, -0.1) is 22.7 Å². The number of thiophene rings is 2. The molecule has 0 bridgehead atoms. The monoisotopic (exact) mass is 708 g/mol. The van der Waals surface area contributed by atoms with Crippen molar-refractivity contribution in [2.24, 2.45) is 0 Å². The summed E-state index contributed by atoms with van der Waals surface area (Å²) in [6.07, 6.45) is 0. The average Bonchev–Trinajstić information content (AvgIpc) is 3.84. The van der Waals surface area contributed by atoms with Crippen LogP contribution in [0.15, 0.2) is 158 Å². The van der Waals surface area contributed by atoms with Gasteiger partial charge in [0.05, 0.1) is 0 Å². The Balaban J connectivity index is 1.10. The largest absolute Gasteiger partial charge is 0.135 e. The highest BCUT2D eigenvalue weighted by Gasteiger charge is 2.38. The van der Waals surface area contributed by atoms with Crippen LogP contribution in [0.4, 0.5) is 0 Å². The Hall–Kier alpha value is -5.80. The zero-order chi connectivity index (χ0) is 35.0. The van der Waals surface area contributed by atoms with Gasteiger partial charge in [0.15, 0.2) is 0 Å². The molecule has 248 valence electrons. The van der Waals surface area contributed by atoms with Gasteiger partial charge in [-0.25, -0.2) is 0 Å². The van der Waals surface area contributed by atoms with Gasteiger partial charge in [-0.2, -0.15) is 0 Å². The van der Waals surface area contributed by atoms with Crippen LogP contribution in [0, 0.1) is 0 Å². The van der Waals surface area contributed by atoms with Gasteiger partial charge in [0.2, 0.25) is 0 Å². The van der Waals surface area contributed by atoms with E-state index in [-0.39, 0.29) is 5.41 Å². The summed E-state index contributed by atoms with van der Waals surface area (Å²) in [6, 6.07) is 59.5. The summed E-state index contributed by atoms with van der Waals surface area (Å²) < 4.78 is 5.44. The molecule has 0 radical (unpaired) electrons. The Labute approximate surface area is 315 Å². The molecular weight excluding hydrogens is 677 g/mol. The first-order valence-corrected chi connectivity index (χ1v) is 20.1. The Bertz CT molecular complexity index is 3310. The molecule has 0 nitrogen and oxygen atoms in total. The Morgan fingerprint density at radius 1 is 0.396 bits per heavy atom. The van der Waals surface area contributed by atoms with E-state index in [1.54, 1.807) is 0 Å². The van der Waals surface area contributed by atoms with Crippen molar-refractivity contribution in [2.45, 2.75) is 19.3 Å². The summed E-state index contributed by atoms with van der Waals surface area (Å²) in [5.74, 6) is 0. The fourth-order valence-electron chi connectivity index (χ4n) is 9.70. The molecule has 11 aromatic rings. The topological polar surface area (TPSA) is 0 Å². The fourth-order valence-corrected chi connectivity index (χ4v) is 12.1. The van der Waals surface area contributed by atoms with Crippen molar-refractivity contribution in [3.63, 3.8) is 0 Å². The van der Waals surface area contributed by atoms with Gasteiger partial charge in [0.1, 0.15) is 0 Å². The van der Waals surface area contributed by atoms with Gasteiger partial charge in [-0.3, -0.25) is 0 Å². The third-order valence-electron chi connectivity index (χ3n) is 12.0. The van der Waals surface area contributed by atoms with Gasteiger partial charge >= 0.3 is 0 Å². The SMILES string of the molecule is CC1(C)c2ccc(-c3c4ccccc4c(-c4ccc5c(c4)sc4ccccc45)c4ccccc34)cc2-c2ccc3sc4c5ccccc5ccc4c3c21. The first kappa shape index (κ1) is 29.7. The van der Waals surface area contributed by atoms with E-state index in [1.165, 1.54) is 117 Å². The molecule has 0 N–H and O–H groups in total. The zero-order valence-corrected chi connectivity index (χ0v) is 31.0. The number of hydrogen-bond acceptors (Lipinski definition) is 2. The molecule has 1 aliphatic rings. The second kappa shape index (κ2) is 10.6. The lowest BCUT2D eigenvalue weighted by Crippen LogP contribution is -2.15. The highest BCUT2D eigenvalue weighted by Crippen LogP contribution is 2.56. The van der Waals surface area contributed by atoms with E-state index in [0.717, 1.165) is 0 Å². The second-order valence-electron chi connectivity index (χ2n) is 15.2. The van der Waals surface area contributed by atoms with Crippen molar-refractivity contribution in [2.75, 3.05) is 0 Å². The molecule has 1 aliphatic carbocycles. The van der Waals surface area contributed by atoms with Crippen LogP contribution in [0.2, 0.25) is 0 Å². The van der Waals surface area contributed by atoms with Gasteiger partial charge in [0, 0.05) is 45.8 Å². The molecule has 12 rings (SSSR count). The van der Waals surface area contributed by atoms with Crippen molar-refractivity contribution in [3.05, 3.63) is 169 Å². The van der Waals surface area contributed by atoms with Crippen LogP contribution < -0.4 is 0 Å². The van der Waals surface area contributed by atoms with Crippen LogP contribution in [0.5, 0.6) is 0 Å². The first-order chi connectivity index (χ1) is 26.0. The van der Waals surface area contributed by atoms with Crippen molar-refractivity contribution in [1.82, 2.24) is 0 Å². The van der Waals surface area contributed by atoms with Crippen molar-refractivity contribution >= 4 is 95.3 Å². The van der Waals surface area contributed by atoms with E-state index in [0.29, 0.717) is 0 Å². The molecular formula is C51H32S2. The fraction of sp³-hybridized carbons (Fsp3) is 0.0588. The molecule has 0 amide bonds. The molecule has 0 saturated heterocycles. The van der Waals surface area contributed by atoms with Gasteiger partial charge < -0.3 is 0 Å². The maximum absolute atomic E-state index is 2.50. The number of fused-ring (bicyclic) bond motifs is 14. The van der Waals surface area contributed by atoms with Gasteiger partial charge in [0.25, 0.3) is 0 Å². The molecule has 2 heteroatoms. The lowest BCUT2D eigenvalue weighted by Gasteiger charge is -2.23. The summed E-state index contributed by atoms with van der Waals surface area (Å²) in [4.78, 5) is 0. The van der Waals surface area contributed by atoms with Crippen molar-refractivity contribution in [3.8, 4) is 33.4 Å². The summed E-state index contributed by atoms with van der Waals surface area (Å²) in [6.45, 7) is 4.85. The van der Waals surface area contributed by atoms with E-state index in [9.17, 15) is 0 Å². The third kappa shape index (κ3) is 4.00. The number of benzene rings is 9. The Morgan fingerprint density at radius 2 is 0.981 bits per heavy atom. The highest BCUT2D eigenvalue weighted by atomic mass is 32.1. The quantitative estimate of drug-likeness (QED) is 0.157. The third-order valence-corrected chi connectivity index (χ3v) is 14.4. The van der Waals surface area contributed by atoms with Crippen LogP contribution in [-0.2, 0) is 5.41 Å². The molecule has 0 spiro atoms. The lowest BCUT2D eigenvalue weighted by molar-refractivity contribution is 0.667. The molecule has 53 heavy (non-hydrogen) atoms. The van der Waals surface area contributed by atoms with E-state index >= 15 is 0 Å². The highest BCUT2D eigenvalue weighted by molar-refractivity contribution is 7.27. The van der Waals surface area contributed by atoms with Crippen LogP contribution in [0.3, 0.4) is 0 Å². The first-order valence-electron chi connectivity index (χ1n) is 18.4. The predicted octanol–water partition coefficient (Wildman–Crippen LogP) is 15.5. The van der Waals surface area contributed by atoms with Gasteiger partial charge in [-0.1, -0.05) is 147 Å². The molecule has 2 aromatic heterocycles. The molecule has 0 saturated carbocycles. The summed E-state index contributed by atoms with van der Waals surface area (Å²) in [7, 11) is 0. The van der Waals surface area contributed by atoms with E-state index < -0.39 is 0 Å². The minimum atomic E-state index is -0.123. The predicted molar refractivity (Wildman–Crippen MR) is 233 cm³/mol. The van der Waals surface area contributed by atoms with Gasteiger partial charge in [-0.05, 0) is 101 Å². The maximum atomic E-state index is 2.50. The number of rotatable bonds is 2. The lowest BCUT2D eigenvalue weighted by atomic mass is 9.80. The second-order valence-corrected chi connectivity index (χ2v) is 17.3. The minimum absolute atomic E-state index is 0.123. The van der Waals surface area contributed by atoms with E-state index in [4.69, 9.17) is 0 Å². The van der Waals surface area contributed by atoms with E-state index in [2.05, 4.69) is 172 Å². The van der Waals surface area contributed by atoms with Crippen LogP contribution in [0.25, 0.3) is 106 Å². The average molecular weight is 709 g/mol. The van der Waals surface area contributed by atoms with Crippen molar-refractivity contribution in [1.29, 1.82) is 0 Å². The molecule has 0 unspecified atom stereocenters. The molecule has 2 heterocycles. The van der Waals surface area contributed by atoms with Crippen LogP contribution in [0.1, 0.15) is 25.0 Å². The molecule has 0 atom stereocenters. The van der Waals surface area contributed by atoms with Crippen LogP contribution in [-0.4, -0.2) is 0 Å². The molecule has 9 aromatic carbocycles. The maximum Gasteiger partial charge on any atom is 0.0433 e. The van der Waals surface area contributed by atoms with E-state index in [1.807, 2.05) is 22.7 Å². The summed E-state index contributed by atoms with van der Waals surface area (Å²) >= 11 is 3.83. The minimum Gasteiger partial charge on any atom is -0.135 e. The Morgan fingerprint density at radius 3 is 1.72 bits per heavy atom. The number of hydrogen-bond donors (Lipinski definition) is 0. The summed E-state index contributed by atoms with van der Waals surface area (Å²) in [5.41, 5.74) is 10.6. The molecule has 0 fully saturated rings. The summed E-state index contributed by atoms with van der Waals surface area (Å²) in [5, 5.41) is 13.3. The molecule has 0 aliphatic heterocycles. The van der Waals surface area contributed by atoms with Crippen LogP contribution >= 0.6 is 22.7 Å². The standard InChI is InChI=1S/C51H32S2/c1-51(2)42-25-21-30(27-41(42)39-24-26-44-48(49(39)51)40-23-19-29-11-3-4-12-32(29)50(40)53-44)46-35-14-5-7-16-37(35)47(38-17-8-6-15-36(38)46)31-20-22-34-33-13-9-10-18-43(33)52-45(34)28-31/h3-28H,1-2H3. The smallest absolute Gasteiger partial charge is 0.0433 e. The normalized spacial score (nSPS) is 13.6. The zero-order valence-electron chi connectivity index (χ0n) is 29.3. The van der Waals surface area contributed by atoms with Crippen molar-refractivity contribution < 1.29 is 0 Å².